The lowest BCUT2D eigenvalue weighted by Gasteiger charge is -2.29. The second-order valence-corrected chi connectivity index (χ2v) is 10.1. The minimum absolute atomic E-state index is 0. The molecule has 2 aromatic rings. The summed E-state index contributed by atoms with van der Waals surface area (Å²) in [5.74, 6) is 2.77. The van der Waals surface area contributed by atoms with Gasteiger partial charge in [0.25, 0.3) is 0 Å². The molecule has 0 spiro atoms. The minimum atomic E-state index is -3.11. The van der Waals surface area contributed by atoms with Crippen molar-refractivity contribution in [3.8, 4) is 0 Å². The van der Waals surface area contributed by atoms with Gasteiger partial charge in [-0.3, -0.25) is 0 Å². The van der Waals surface area contributed by atoms with Crippen LogP contribution in [0.15, 0.2) is 24.3 Å². The molecule has 0 atom stereocenters. The molecule has 0 radical (unpaired) electrons. The number of hydrogen-bond acceptors (Lipinski definition) is 6. The standard InChI is InChI=1S/C20H29N5O2S.ClH/c1-28(26,27)22-13-15-8-10-16(11-9-15)23-20-24-18-5-3-2-4-17(18)19(25-20)21-12-14-6-7-14;/h2-5,14-16,22H,6-13H2,1H3,(H2,21,23,24,25);1H. The first-order valence-electron chi connectivity index (χ1n) is 10.2. The predicted octanol–water partition coefficient (Wildman–Crippen LogP) is 3.39. The quantitative estimate of drug-likeness (QED) is 0.583. The Bertz CT molecular complexity index is 928. The second kappa shape index (κ2) is 9.45. The first-order valence-corrected chi connectivity index (χ1v) is 12.1. The third-order valence-electron chi connectivity index (χ3n) is 5.67. The van der Waals surface area contributed by atoms with E-state index in [1.807, 2.05) is 18.2 Å². The highest BCUT2D eigenvalue weighted by Gasteiger charge is 2.24. The molecule has 0 saturated heterocycles. The van der Waals surface area contributed by atoms with Crippen molar-refractivity contribution < 1.29 is 8.42 Å². The summed E-state index contributed by atoms with van der Waals surface area (Å²) in [6.45, 7) is 1.51. The summed E-state index contributed by atoms with van der Waals surface area (Å²) in [6.07, 6.45) is 7.82. The fourth-order valence-electron chi connectivity index (χ4n) is 3.80. The summed E-state index contributed by atoms with van der Waals surface area (Å²) < 4.78 is 25.2. The molecule has 160 valence electrons. The summed E-state index contributed by atoms with van der Waals surface area (Å²) in [6, 6.07) is 8.44. The Labute approximate surface area is 178 Å². The number of aromatic nitrogens is 2. The number of fused-ring (bicyclic) bond motifs is 1. The van der Waals surface area contributed by atoms with Crippen LogP contribution in [0.2, 0.25) is 0 Å². The van der Waals surface area contributed by atoms with Crippen molar-refractivity contribution >= 4 is 45.1 Å². The zero-order valence-corrected chi connectivity index (χ0v) is 18.4. The Balaban J connectivity index is 0.00000240. The minimum Gasteiger partial charge on any atom is -0.369 e. The van der Waals surface area contributed by atoms with Gasteiger partial charge < -0.3 is 10.6 Å². The van der Waals surface area contributed by atoms with Gasteiger partial charge in [0.15, 0.2) is 0 Å². The molecule has 29 heavy (non-hydrogen) atoms. The molecule has 4 rings (SSSR count). The topological polar surface area (TPSA) is 96.0 Å². The molecule has 2 saturated carbocycles. The summed E-state index contributed by atoms with van der Waals surface area (Å²) >= 11 is 0. The van der Waals surface area contributed by atoms with Crippen molar-refractivity contribution in [1.29, 1.82) is 0 Å². The maximum atomic E-state index is 11.3. The molecule has 7 nitrogen and oxygen atoms in total. The van der Waals surface area contributed by atoms with E-state index in [4.69, 9.17) is 9.97 Å². The van der Waals surface area contributed by atoms with Gasteiger partial charge >= 0.3 is 0 Å². The number of nitrogens with zero attached hydrogens (tertiary/aromatic N) is 2. The van der Waals surface area contributed by atoms with Crippen molar-refractivity contribution in [2.24, 2.45) is 11.8 Å². The van der Waals surface area contributed by atoms with Crippen LogP contribution in [0, 0.1) is 11.8 Å². The summed E-state index contributed by atoms with van der Waals surface area (Å²) in [4.78, 5) is 9.46. The number of anilines is 2. The maximum absolute atomic E-state index is 11.3. The van der Waals surface area contributed by atoms with E-state index in [-0.39, 0.29) is 12.4 Å². The van der Waals surface area contributed by atoms with Gasteiger partial charge in [0.2, 0.25) is 16.0 Å². The molecular formula is C20H30ClN5O2S. The van der Waals surface area contributed by atoms with Crippen molar-refractivity contribution in [3.63, 3.8) is 0 Å². The van der Waals surface area contributed by atoms with E-state index in [2.05, 4.69) is 21.4 Å². The van der Waals surface area contributed by atoms with Crippen molar-refractivity contribution in [2.75, 3.05) is 30.0 Å². The van der Waals surface area contributed by atoms with Crippen LogP contribution in [0.25, 0.3) is 10.9 Å². The summed E-state index contributed by atoms with van der Waals surface area (Å²) in [5.41, 5.74) is 0.948. The van der Waals surface area contributed by atoms with Gasteiger partial charge in [-0.05, 0) is 62.5 Å². The van der Waals surface area contributed by atoms with Gasteiger partial charge in [-0.15, -0.1) is 12.4 Å². The highest BCUT2D eigenvalue weighted by Crippen LogP contribution is 2.31. The Morgan fingerprint density at radius 2 is 1.62 bits per heavy atom. The zero-order chi connectivity index (χ0) is 19.6. The molecule has 9 heteroatoms. The lowest BCUT2D eigenvalue weighted by atomic mass is 9.86. The molecule has 0 aliphatic heterocycles. The molecule has 3 N–H and O–H groups in total. The van der Waals surface area contributed by atoms with Crippen LogP contribution in [0.3, 0.4) is 0 Å². The number of rotatable bonds is 8. The number of sulfonamides is 1. The molecular weight excluding hydrogens is 410 g/mol. The monoisotopic (exact) mass is 439 g/mol. The fraction of sp³-hybridized carbons (Fsp3) is 0.600. The van der Waals surface area contributed by atoms with Crippen LogP contribution in [-0.4, -0.2) is 43.8 Å². The van der Waals surface area contributed by atoms with E-state index >= 15 is 0 Å². The predicted molar refractivity (Wildman–Crippen MR) is 120 cm³/mol. The first kappa shape index (κ1) is 22.1. The number of para-hydroxylation sites is 1. The van der Waals surface area contributed by atoms with Crippen LogP contribution in [0.1, 0.15) is 38.5 Å². The number of benzene rings is 1. The van der Waals surface area contributed by atoms with E-state index in [0.29, 0.717) is 24.5 Å². The van der Waals surface area contributed by atoms with E-state index in [1.54, 1.807) is 0 Å². The number of nitrogens with one attached hydrogen (secondary N) is 3. The third-order valence-corrected chi connectivity index (χ3v) is 6.36. The molecule has 0 amide bonds. The molecule has 2 aliphatic rings. The van der Waals surface area contributed by atoms with Crippen molar-refractivity contribution in [3.05, 3.63) is 24.3 Å². The average molecular weight is 440 g/mol. The maximum Gasteiger partial charge on any atom is 0.225 e. The average Bonchev–Trinajstić information content (AvgIpc) is 3.49. The molecule has 1 aromatic heterocycles. The van der Waals surface area contributed by atoms with E-state index < -0.39 is 10.0 Å². The lowest BCUT2D eigenvalue weighted by Crippen LogP contribution is -2.33. The Hall–Kier alpha value is -1.64. The second-order valence-electron chi connectivity index (χ2n) is 8.22. The molecule has 1 heterocycles. The molecule has 2 aliphatic carbocycles. The lowest BCUT2D eigenvalue weighted by molar-refractivity contribution is 0.337. The Morgan fingerprint density at radius 1 is 0.966 bits per heavy atom. The van der Waals surface area contributed by atoms with Crippen LogP contribution in [0.5, 0.6) is 0 Å². The van der Waals surface area contributed by atoms with Crippen LogP contribution in [-0.2, 0) is 10.0 Å². The number of hydrogen-bond donors (Lipinski definition) is 3. The zero-order valence-electron chi connectivity index (χ0n) is 16.7. The highest BCUT2D eigenvalue weighted by molar-refractivity contribution is 7.88. The molecule has 2 fully saturated rings. The highest BCUT2D eigenvalue weighted by atomic mass is 35.5. The third kappa shape index (κ3) is 6.42. The molecule has 0 bridgehead atoms. The van der Waals surface area contributed by atoms with Crippen LogP contribution in [0.4, 0.5) is 11.8 Å². The van der Waals surface area contributed by atoms with Crippen LogP contribution >= 0.6 is 12.4 Å². The SMILES string of the molecule is CS(=O)(=O)NCC1CCC(Nc2nc(NCC3CC3)c3ccccc3n2)CC1.Cl. The Kier molecular flexibility index (Phi) is 7.19. The van der Waals surface area contributed by atoms with Crippen LogP contribution < -0.4 is 15.4 Å². The van der Waals surface area contributed by atoms with E-state index in [0.717, 1.165) is 54.9 Å². The van der Waals surface area contributed by atoms with Gasteiger partial charge in [-0.25, -0.2) is 18.1 Å². The first-order chi connectivity index (χ1) is 13.5. The normalized spacial score (nSPS) is 22.1. The van der Waals surface area contributed by atoms with Crippen molar-refractivity contribution in [2.45, 2.75) is 44.6 Å². The van der Waals surface area contributed by atoms with Gasteiger partial charge in [0.1, 0.15) is 5.82 Å². The van der Waals surface area contributed by atoms with Gasteiger partial charge in [-0.2, -0.15) is 4.98 Å². The summed E-state index contributed by atoms with van der Waals surface area (Å²) in [5, 5.41) is 8.08. The molecule has 0 unspecified atom stereocenters. The van der Waals surface area contributed by atoms with E-state index in [1.165, 1.54) is 19.1 Å². The van der Waals surface area contributed by atoms with Gasteiger partial charge in [0, 0.05) is 24.5 Å². The largest absolute Gasteiger partial charge is 0.369 e. The van der Waals surface area contributed by atoms with Crippen molar-refractivity contribution in [1.82, 2.24) is 14.7 Å². The van der Waals surface area contributed by atoms with Gasteiger partial charge in [-0.1, -0.05) is 12.1 Å². The summed E-state index contributed by atoms with van der Waals surface area (Å²) in [7, 11) is -3.11. The van der Waals surface area contributed by atoms with Gasteiger partial charge in [0.05, 0.1) is 11.8 Å². The Morgan fingerprint density at radius 3 is 2.31 bits per heavy atom. The van der Waals surface area contributed by atoms with E-state index in [9.17, 15) is 8.42 Å². The smallest absolute Gasteiger partial charge is 0.225 e. The molecule has 1 aromatic carbocycles. The fourth-order valence-corrected chi connectivity index (χ4v) is 4.34. The number of halogens is 1.